The smallest absolute Gasteiger partial charge is 0.329 e. The molecule has 7 heteroatoms. The van der Waals surface area contributed by atoms with Gasteiger partial charge in [-0.2, -0.15) is 5.26 Å². The largest absolute Gasteiger partial charge is 0.463 e. The van der Waals surface area contributed by atoms with Gasteiger partial charge in [0, 0.05) is 18.0 Å². The van der Waals surface area contributed by atoms with Crippen LogP contribution in [0.25, 0.3) is 11.0 Å². The number of ether oxygens (including phenoxy) is 1. The molecule has 3 aromatic rings. The summed E-state index contributed by atoms with van der Waals surface area (Å²) in [6, 6.07) is 15.0. The summed E-state index contributed by atoms with van der Waals surface area (Å²) in [6.45, 7) is 1.80. The van der Waals surface area contributed by atoms with Crippen molar-refractivity contribution < 1.29 is 9.53 Å². The molecule has 0 atom stereocenters. The molecule has 6 nitrogen and oxygen atoms in total. The predicted molar refractivity (Wildman–Crippen MR) is 115 cm³/mol. The van der Waals surface area contributed by atoms with Gasteiger partial charge in [0.05, 0.1) is 29.2 Å². The SMILES string of the molecule is CC(=O)O[C@H]1CC[C@H](n2c(=O)n(Cc3cccc(Cl)c3)c3cc(C#N)ccc32)CC1. The van der Waals surface area contributed by atoms with Crippen molar-refractivity contribution in [3.8, 4) is 6.07 Å². The Balaban J connectivity index is 1.74. The molecule has 0 N–H and O–H groups in total. The fraction of sp³-hybridized carbons (Fsp3) is 0.348. The van der Waals surface area contributed by atoms with Gasteiger partial charge in [0.1, 0.15) is 6.10 Å². The number of fused-ring (bicyclic) bond motifs is 1. The number of rotatable bonds is 4. The average molecular weight is 424 g/mol. The summed E-state index contributed by atoms with van der Waals surface area (Å²) < 4.78 is 8.89. The highest BCUT2D eigenvalue weighted by atomic mass is 35.5. The minimum Gasteiger partial charge on any atom is -0.463 e. The van der Waals surface area contributed by atoms with Crippen LogP contribution in [0.15, 0.2) is 47.3 Å². The van der Waals surface area contributed by atoms with Crippen LogP contribution in [0, 0.1) is 11.3 Å². The monoisotopic (exact) mass is 423 g/mol. The van der Waals surface area contributed by atoms with E-state index >= 15 is 0 Å². The van der Waals surface area contributed by atoms with Crippen molar-refractivity contribution in [1.29, 1.82) is 5.26 Å². The molecule has 0 spiro atoms. The molecule has 0 radical (unpaired) electrons. The van der Waals surface area contributed by atoms with Crippen LogP contribution in [0.2, 0.25) is 5.02 Å². The molecule has 0 unspecified atom stereocenters. The average Bonchev–Trinajstić information content (AvgIpc) is 2.99. The molecular formula is C23H22ClN3O3. The molecule has 4 rings (SSSR count). The lowest BCUT2D eigenvalue weighted by Gasteiger charge is -2.28. The van der Waals surface area contributed by atoms with E-state index in [1.807, 2.05) is 28.8 Å². The maximum Gasteiger partial charge on any atom is 0.329 e. The lowest BCUT2D eigenvalue weighted by molar-refractivity contribution is -0.148. The van der Waals surface area contributed by atoms with E-state index in [1.165, 1.54) is 6.92 Å². The first kappa shape index (κ1) is 20.2. The van der Waals surface area contributed by atoms with Crippen LogP contribution < -0.4 is 5.69 Å². The van der Waals surface area contributed by atoms with Crippen molar-refractivity contribution in [1.82, 2.24) is 9.13 Å². The normalized spacial score (nSPS) is 18.8. The summed E-state index contributed by atoms with van der Waals surface area (Å²) in [5.41, 5.74) is 2.89. The summed E-state index contributed by atoms with van der Waals surface area (Å²) in [7, 11) is 0. The van der Waals surface area contributed by atoms with E-state index in [4.69, 9.17) is 16.3 Å². The molecule has 1 aromatic heterocycles. The van der Waals surface area contributed by atoms with Crippen LogP contribution in [0.1, 0.15) is 49.8 Å². The van der Waals surface area contributed by atoms with Gasteiger partial charge in [-0.15, -0.1) is 0 Å². The molecule has 0 saturated heterocycles. The summed E-state index contributed by atoms with van der Waals surface area (Å²) in [6.07, 6.45) is 2.89. The van der Waals surface area contributed by atoms with Gasteiger partial charge in [0.15, 0.2) is 0 Å². The Morgan fingerprint density at radius 3 is 2.60 bits per heavy atom. The Hall–Kier alpha value is -3.04. The number of carbonyl (C=O) groups is 1. The number of hydrogen-bond donors (Lipinski definition) is 0. The fourth-order valence-electron chi connectivity index (χ4n) is 4.33. The molecule has 30 heavy (non-hydrogen) atoms. The number of halogens is 1. The first-order valence-corrected chi connectivity index (χ1v) is 10.4. The van der Waals surface area contributed by atoms with Gasteiger partial charge in [0.25, 0.3) is 0 Å². The van der Waals surface area contributed by atoms with Gasteiger partial charge in [-0.25, -0.2) is 4.79 Å². The quantitative estimate of drug-likeness (QED) is 0.582. The third-order valence-electron chi connectivity index (χ3n) is 5.66. The number of aromatic nitrogens is 2. The van der Waals surface area contributed by atoms with Gasteiger partial charge in [-0.3, -0.25) is 13.9 Å². The van der Waals surface area contributed by atoms with Crippen LogP contribution in [0.3, 0.4) is 0 Å². The van der Waals surface area contributed by atoms with E-state index in [2.05, 4.69) is 6.07 Å². The lowest BCUT2D eigenvalue weighted by atomic mass is 9.92. The van der Waals surface area contributed by atoms with Crippen molar-refractivity contribution in [2.75, 3.05) is 0 Å². The topological polar surface area (TPSA) is 77.0 Å². The summed E-state index contributed by atoms with van der Waals surface area (Å²) >= 11 is 6.12. The molecule has 1 heterocycles. The van der Waals surface area contributed by atoms with E-state index in [0.29, 0.717) is 17.1 Å². The molecular weight excluding hydrogens is 402 g/mol. The number of esters is 1. The number of imidazole rings is 1. The highest BCUT2D eigenvalue weighted by Gasteiger charge is 2.27. The fourth-order valence-corrected chi connectivity index (χ4v) is 4.54. The van der Waals surface area contributed by atoms with E-state index in [9.17, 15) is 14.9 Å². The summed E-state index contributed by atoms with van der Waals surface area (Å²) in [4.78, 5) is 24.7. The molecule has 0 aliphatic heterocycles. The molecule has 154 valence electrons. The Morgan fingerprint density at radius 1 is 1.17 bits per heavy atom. The Labute approximate surface area is 179 Å². The first-order valence-electron chi connectivity index (χ1n) is 10.0. The van der Waals surface area contributed by atoms with Gasteiger partial charge >= 0.3 is 11.7 Å². The minimum absolute atomic E-state index is 0.0281. The maximum atomic E-state index is 13.5. The number of nitriles is 1. The molecule has 2 aromatic carbocycles. The number of carbonyl (C=O) groups excluding carboxylic acids is 1. The van der Waals surface area contributed by atoms with Crippen LogP contribution in [-0.4, -0.2) is 21.2 Å². The van der Waals surface area contributed by atoms with Crippen LogP contribution in [-0.2, 0) is 16.1 Å². The molecule has 1 saturated carbocycles. The van der Waals surface area contributed by atoms with E-state index in [0.717, 1.165) is 42.3 Å². The van der Waals surface area contributed by atoms with Gasteiger partial charge in [-0.05, 0) is 61.6 Å². The van der Waals surface area contributed by atoms with Gasteiger partial charge in [-0.1, -0.05) is 23.7 Å². The van der Waals surface area contributed by atoms with Crippen LogP contribution in [0.4, 0.5) is 0 Å². The maximum absolute atomic E-state index is 13.5. The minimum atomic E-state index is -0.266. The number of nitrogens with zero attached hydrogens (tertiary/aromatic N) is 3. The summed E-state index contributed by atoms with van der Waals surface area (Å²) in [5.74, 6) is -0.266. The summed E-state index contributed by atoms with van der Waals surface area (Å²) in [5, 5.41) is 9.95. The Morgan fingerprint density at radius 2 is 1.93 bits per heavy atom. The molecule has 1 aliphatic carbocycles. The van der Waals surface area contributed by atoms with E-state index in [1.54, 1.807) is 22.8 Å². The molecule has 1 aliphatic rings. The zero-order chi connectivity index (χ0) is 21.3. The zero-order valence-electron chi connectivity index (χ0n) is 16.7. The molecule has 0 bridgehead atoms. The standard InChI is InChI=1S/C23H22ClN3O3/c1-15(28)30-20-8-6-19(7-9-20)27-21-10-5-16(13-25)12-22(21)26(23(27)29)14-17-3-2-4-18(24)11-17/h2-5,10-12,19-20H,6-9,14H2,1H3/t19-,20-. The predicted octanol–water partition coefficient (Wildman–Crippen LogP) is 4.42. The van der Waals surface area contributed by atoms with Gasteiger partial charge in [0.2, 0.25) is 0 Å². The zero-order valence-corrected chi connectivity index (χ0v) is 17.4. The van der Waals surface area contributed by atoms with Gasteiger partial charge < -0.3 is 4.74 Å². The molecule has 0 amide bonds. The second-order valence-corrected chi connectivity index (χ2v) is 8.16. The number of hydrogen-bond acceptors (Lipinski definition) is 4. The van der Waals surface area contributed by atoms with Crippen molar-refractivity contribution in [2.24, 2.45) is 0 Å². The lowest BCUT2D eigenvalue weighted by Crippen LogP contribution is -2.32. The Kier molecular flexibility index (Phi) is 5.65. The number of benzene rings is 2. The highest BCUT2D eigenvalue weighted by Crippen LogP contribution is 2.32. The van der Waals surface area contributed by atoms with E-state index < -0.39 is 0 Å². The van der Waals surface area contributed by atoms with Crippen molar-refractivity contribution in [3.05, 3.63) is 69.1 Å². The van der Waals surface area contributed by atoms with Crippen molar-refractivity contribution in [3.63, 3.8) is 0 Å². The molecule has 1 fully saturated rings. The second-order valence-electron chi connectivity index (χ2n) is 7.72. The van der Waals surface area contributed by atoms with Crippen LogP contribution in [0.5, 0.6) is 0 Å². The third kappa shape index (κ3) is 3.99. The Bertz CT molecular complexity index is 1200. The highest BCUT2D eigenvalue weighted by molar-refractivity contribution is 6.30. The van der Waals surface area contributed by atoms with Crippen molar-refractivity contribution in [2.45, 2.75) is 51.3 Å². The van der Waals surface area contributed by atoms with Crippen molar-refractivity contribution >= 4 is 28.6 Å². The second kappa shape index (κ2) is 8.37. The van der Waals surface area contributed by atoms with Crippen LogP contribution >= 0.6 is 11.6 Å². The first-order chi connectivity index (χ1) is 14.5. The third-order valence-corrected chi connectivity index (χ3v) is 5.90. The van der Waals surface area contributed by atoms with E-state index in [-0.39, 0.29) is 23.8 Å².